The van der Waals surface area contributed by atoms with Crippen molar-refractivity contribution < 1.29 is 9.84 Å². The largest absolute Gasteiger partial charge is 0.487 e. The molecule has 0 bridgehead atoms. The molecular formula is C16H34N2O2S2. The van der Waals surface area contributed by atoms with Crippen molar-refractivity contribution in [2.45, 2.75) is 85.2 Å². The van der Waals surface area contributed by atoms with Crippen molar-refractivity contribution in [3.63, 3.8) is 0 Å². The van der Waals surface area contributed by atoms with E-state index in [0.29, 0.717) is 17.3 Å². The summed E-state index contributed by atoms with van der Waals surface area (Å²) < 4.78 is 5.69. The van der Waals surface area contributed by atoms with Gasteiger partial charge in [-0.2, -0.15) is 0 Å². The van der Waals surface area contributed by atoms with Crippen molar-refractivity contribution in [2.24, 2.45) is 5.73 Å². The zero-order valence-corrected chi connectivity index (χ0v) is 16.4. The monoisotopic (exact) mass is 350 g/mol. The molecule has 4 nitrogen and oxygen atoms in total. The van der Waals surface area contributed by atoms with Gasteiger partial charge in [-0.3, -0.25) is 0 Å². The molecule has 3 N–H and O–H groups in total. The highest BCUT2D eigenvalue weighted by molar-refractivity contribution is 7.80. The second-order valence-electron chi connectivity index (χ2n) is 5.82. The van der Waals surface area contributed by atoms with Crippen LogP contribution in [0.4, 0.5) is 0 Å². The molecule has 0 aromatic carbocycles. The Balaban J connectivity index is 0. The lowest BCUT2D eigenvalue weighted by atomic mass is 10.1. The lowest BCUT2D eigenvalue weighted by Gasteiger charge is -2.32. The number of hydrogen-bond donors (Lipinski definition) is 2. The average molecular weight is 351 g/mol. The highest BCUT2D eigenvalue weighted by Gasteiger charge is 2.17. The summed E-state index contributed by atoms with van der Waals surface area (Å²) in [6, 6.07) is 0.809. The summed E-state index contributed by atoms with van der Waals surface area (Å²) in [4.78, 5) is 2.16. The number of aliphatic hydroxyl groups excluding tert-OH is 1. The first kappa shape index (κ1) is 23.6. The van der Waals surface area contributed by atoms with Crippen LogP contribution in [0, 0.1) is 0 Å². The molecule has 0 saturated heterocycles. The van der Waals surface area contributed by atoms with Crippen LogP contribution in [0.2, 0.25) is 0 Å². The first-order chi connectivity index (χ1) is 10.2. The molecule has 22 heavy (non-hydrogen) atoms. The first-order valence-electron chi connectivity index (χ1n) is 8.17. The zero-order chi connectivity index (χ0) is 17.5. The maximum atomic E-state index is 7.56. The molecule has 0 unspecified atom stereocenters. The molecule has 0 aromatic rings. The van der Waals surface area contributed by atoms with E-state index in [-0.39, 0.29) is 0 Å². The maximum absolute atomic E-state index is 7.56. The molecular weight excluding hydrogens is 316 g/mol. The molecule has 0 aromatic heterocycles. The minimum absolute atomic E-state index is 0.405. The minimum Gasteiger partial charge on any atom is -0.487 e. The van der Waals surface area contributed by atoms with Gasteiger partial charge in [0.15, 0.2) is 0 Å². The van der Waals surface area contributed by atoms with E-state index in [0.717, 1.165) is 13.0 Å². The number of thiocarbonyl (C=S) groups is 2. The van der Waals surface area contributed by atoms with Crippen LogP contribution in [0.1, 0.15) is 73.1 Å². The molecule has 6 heteroatoms. The van der Waals surface area contributed by atoms with Crippen molar-refractivity contribution in [1.82, 2.24) is 4.90 Å². The fraction of sp³-hybridized carbons (Fsp3) is 0.875. The van der Waals surface area contributed by atoms with Gasteiger partial charge in [0, 0.05) is 12.1 Å². The third kappa shape index (κ3) is 15.8. The highest BCUT2D eigenvalue weighted by atomic mass is 32.1. The van der Waals surface area contributed by atoms with Crippen LogP contribution in [0.15, 0.2) is 0 Å². The van der Waals surface area contributed by atoms with E-state index in [4.69, 9.17) is 22.1 Å². The number of ether oxygens (including phenoxy) is 1. The molecule has 0 aliphatic carbocycles. The van der Waals surface area contributed by atoms with Gasteiger partial charge in [0.25, 0.3) is 10.3 Å². The molecule has 0 heterocycles. The quantitative estimate of drug-likeness (QED) is 0.470. The summed E-state index contributed by atoms with van der Waals surface area (Å²) in [5.74, 6) is 0. The smallest absolute Gasteiger partial charge is 0.259 e. The van der Waals surface area contributed by atoms with E-state index in [1.165, 1.54) is 32.1 Å². The van der Waals surface area contributed by atoms with Crippen molar-refractivity contribution >= 4 is 34.8 Å². The predicted octanol–water partition coefficient (Wildman–Crippen LogP) is 4.56. The van der Waals surface area contributed by atoms with Gasteiger partial charge < -0.3 is 20.5 Å². The fourth-order valence-electron chi connectivity index (χ4n) is 2.13. The Hall–Kier alpha value is -0.620. The van der Waals surface area contributed by atoms with Crippen LogP contribution in [-0.4, -0.2) is 39.0 Å². The lowest BCUT2D eigenvalue weighted by Crippen LogP contribution is -2.42. The Morgan fingerprint density at radius 2 is 1.41 bits per heavy atom. The molecule has 0 aliphatic heterocycles. The zero-order valence-electron chi connectivity index (χ0n) is 14.8. The Bertz CT molecular complexity index is 286. The number of aliphatic hydroxyl groups is 1. The van der Waals surface area contributed by atoms with Gasteiger partial charge in [0.05, 0.1) is 6.61 Å². The minimum atomic E-state index is -0.500. The van der Waals surface area contributed by atoms with Crippen molar-refractivity contribution in [1.29, 1.82) is 0 Å². The highest BCUT2D eigenvalue weighted by Crippen LogP contribution is 2.09. The Kier molecular flexibility index (Phi) is 16.4. The van der Waals surface area contributed by atoms with E-state index in [9.17, 15) is 0 Å². The number of nitrogens with zero attached hydrogens (tertiary/aromatic N) is 1. The molecule has 0 saturated carbocycles. The summed E-state index contributed by atoms with van der Waals surface area (Å²) in [6.45, 7) is 11.6. The Labute approximate surface area is 147 Å². The van der Waals surface area contributed by atoms with E-state index in [2.05, 4.69) is 57.5 Å². The summed E-state index contributed by atoms with van der Waals surface area (Å²) in [5.41, 5.74) is 4.40. The normalized spacial score (nSPS) is 10.1. The summed E-state index contributed by atoms with van der Waals surface area (Å²) in [7, 11) is 0. The summed E-state index contributed by atoms with van der Waals surface area (Å²) >= 11 is 9.22. The molecule has 0 aliphatic rings. The predicted molar refractivity (Wildman–Crippen MR) is 103 cm³/mol. The molecule has 0 radical (unpaired) electrons. The van der Waals surface area contributed by atoms with Crippen molar-refractivity contribution in [3.8, 4) is 0 Å². The second-order valence-corrected chi connectivity index (χ2v) is 6.58. The molecule has 0 fully saturated rings. The topological polar surface area (TPSA) is 58.7 Å². The summed E-state index contributed by atoms with van der Waals surface area (Å²) in [5, 5.41) is 7.73. The van der Waals surface area contributed by atoms with Crippen LogP contribution >= 0.6 is 24.4 Å². The standard InChI is InChI=1S/C15H31NOS.CH3NOS/c1-6-7-8-9-10-11-12-17-15(18)16(13(2)3)14(4)5;2-1(3)4/h13-14H,6-12H2,1-5H3;(H3,2,3,4). The van der Waals surface area contributed by atoms with Gasteiger partial charge in [-0.25, -0.2) is 0 Å². The molecule has 0 rings (SSSR count). The fourth-order valence-corrected chi connectivity index (χ4v) is 2.64. The van der Waals surface area contributed by atoms with Crippen LogP contribution < -0.4 is 5.73 Å². The van der Waals surface area contributed by atoms with Gasteiger partial charge in [-0.15, -0.1) is 0 Å². The second kappa shape index (κ2) is 15.3. The average Bonchev–Trinajstić information content (AvgIpc) is 2.36. The third-order valence-electron chi connectivity index (χ3n) is 3.05. The lowest BCUT2D eigenvalue weighted by molar-refractivity contribution is 0.191. The third-order valence-corrected chi connectivity index (χ3v) is 3.38. The van der Waals surface area contributed by atoms with E-state index >= 15 is 0 Å². The SMILES string of the molecule is CCCCCCCCOC(=S)N(C(C)C)C(C)C.NC(O)=S. The van der Waals surface area contributed by atoms with Crippen LogP contribution in [0.5, 0.6) is 0 Å². The Morgan fingerprint density at radius 1 is 1.00 bits per heavy atom. The van der Waals surface area contributed by atoms with Gasteiger partial charge in [0.2, 0.25) is 0 Å². The van der Waals surface area contributed by atoms with Crippen LogP contribution in [0.25, 0.3) is 0 Å². The van der Waals surface area contributed by atoms with Crippen molar-refractivity contribution in [3.05, 3.63) is 0 Å². The van der Waals surface area contributed by atoms with E-state index < -0.39 is 5.17 Å². The molecule has 132 valence electrons. The first-order valence-corrected chi connectivity index (χ1v) is 8.99. The number of nitrogens with two attached hydrogens (primary N) is 1. The van der Waals surface area contributed by atoms with Gasteiger partial charge in [-0.1, -0.05) is 39.0 Å². The number of rotatable bonds is 9. The van der Waals surface area contributed by atoms with E-state index in [1.54, 1.807) is 0 Å². The van der Waals surface area contributed by atoms with Gasteiger partial charge in [0.1, 0.15) is 0 Å². The maximum Gasteiger partial charge on any atom is 0.259 e. The van der Waals surface area contributed by atoms with E-state index in [1.807, 2.05) is 0 Å². The number of unbranched alkanes of at least 4 members (excludes halogenated alkanes) is 5. The van der Waals surface area contributed by atoms with Gasteiger partial charge in [-0.05, 0) is 58.6 Å². The van der Waals surface area contributed by atoms with Crippen molar-refractivity contribution in [2.75, 3.05) is 6.61 Å². The Morgan fingerprint density at radius 3 is 1.82 bits per heavy atom. The molecule has 0 spiro atoms. The molecule has 0 amide bonds. The van der Waals surface area contributed by atoms with Gasteiger partial charge >= 0.3 is 0 Å². The number of hydrogen-bond acceptors (Lipinski definition) is 3. The summed E-state index contributed by atoms with van der Waals surface area (Å²) in [6.07, 6.45) is 7.71. The van der Waals surface area contributed by atoms with Crippen LogP contribution in [-0.2, 0) is 4.74 Å². The molecule has 0 atom stereocenters. The van der Waals surface area contributed by atoms with Crippen LogP contribution in [0.3, 0.4) is 0 Å².